The quantitative estimate of drug-likeness (QED) is 0.797. The van der Waals surface area contributed by atoms with Gasteiger partial charge in [0.1, 0.15) is 5.75 Å². The van der Waals surface area contributed by atoms with E-state index in [4.69, 9.17) is 4.74 Å². The molecular weight excluding hydrogens is 268 g/mol. The third-order valence-corrected chi connectivity index (χ3v) is 3.56. The summed E-state index contributed by atoms with van der Waals surface area (Å²) in [7, 11) is 1.53. The van der Waals surface area contributed by atoms with E-state index in [1.165, 1.54) is 31.0 Å². The Morgan fingerprint density at radius 1 is 1.10 bits per heavy atom. The summed E-state index contributed by atoms with van der Waals surface area (Å²) in [5.41, 5.74) is -0.490. The van der Waals surface area contributed by atoms with Gasteiger partial charge in [-0.05, 0) is 24.6 Å². The molecule has 0 bridgehead atoms. The fourth-order valence-corrected chi connectivity index (χ4v) is 2.33. The Labute approximate surface area is 123 Å². The normalized spacial score (nSPS) is 11.0. The predicted octanol–water partition coefficient (Wildman–Crippen LogP) is 2.58. The van der Waals surface area contributed by atoms with Crippen molar-refractivity contribution in [2.45, 2.75) is 39.0 Å². The van der Waals surface area contributed by atoms with Gasteiger partial charge in [-0.3, -0.25) is 19.4 Å². The smallest absolute Gasteiger partial charge is 0.272 e. The van der Waals surface area contributed by atoms with Gasteiger partial charge >= 0.3 is 0 Å². The summed E-state index contributed by atoms with van der Waals surface area (Å²) in [5, 5.41) is 3.28. The average Bonchev–Trinajstić information content (AvgIpc) is 2.48. The number of H-pyrrole nitrogens is 1. The highest BCUT2D eigenvalue weighted by Crippen LogP contribution is 2.16. The molecule has 1 heterocycles. The number of aryl methyl sites for hydroxylation is 1. The van der Waals surface area contributed by atoms with Gasteiger partial charge in [0, 0.05) is 7.05 Å². The summed E-state index contributed by atoms with van der Waals surface area (Å²) in [4.78, 5) is 23.8. The van der Waals surface area contributed by atoms with E-state index in [0.29, 0.717) is 23.1 Å². The Bertz CT molecular complexity index is 716. The molecule has 5 nitrogen and oxygen atoms in total. The Kier molecular flexibility index (Phi) is 5.20. The van der Waals surface area contributed by atoms with Crippen molar-refractivity contribution in [1.29, 1.82) is 0 Å². The molecule has 1 N–H and O–H groups in total. The zero-order valence-corrected chi connectivity index (χ0v) is 12.6. The van der Waals surface area contributed by atoms with Gasteiger partial charge in [-0.2, -0.15) is 0 Å². The minimum absolute atomic E-state index is 0.212. The van der Waals surface area contributed by atoms with Gasteiger partial charge in [-0.25, -0.2) is 0 Å². The number of hydrogen-bond acceptors (Lipinski definition) is 3. The summed E-state index contributed by atoms with van der Waals surface area (Å²) in [6.45, 7) is 2.82. The van der Waals surface area contributed by atoms with Crippen molar-refractivity contribution >= 4 is 10.8 Å². The SMILES string of the molecule is CCCCCCCOc1ccc2c(=O)n(C)[nH]c(=O)c2c1. The standard InChI is InChI=1S/C16H22N2O3/c1-3-4-5-6-7-10-21-12-8-9-13-14(11-12)15(19)17-18(2)16(13)20/h8-9,11H,3-7,10H2,1-2H3,(H,17,19). The second-order valence-corrected chi connectivity index (χ2v) is 5.28. The van der Waals surface area contributed by atoms with Crippen LogP contribution in [0.25, 0.3) is 10.8 Å². The number of hydrogen-bond donors (Lipinski definition) is 1. The van der Waals surface area contributed by atoms with Gasteiger partial charge in [0.2, 0.25) is 0 Å². The first-order chi connectivity index (χ1) is 10.1. The number of nitrogens with one attached hydrogen (secondary N) is 1. The minimum atomic E-state index is -0.277. The zero-order chi connectivity index (χ0) is 15.2. The molecule has 0 aliphatic carbocycles. The van der Waals surface area contributed by atoms with Gasteiger partial charge in [0.15, 0.2) is 0 Å². The van der Waals surface area contributed by atoms with E-state index in [0.717, 1.165) is 12.8 Å². The molecule has 0 fully saturated rings. The van der Waals surface area contributed by atoms with E-state index >= 15 is 0 Å². The Morgan fingerprint density at radius 2 is 1.86 bits per heavy atom. The van der Waals surface area contributed by atoms with Crippen LogP contribution in [0.4, 0.5) is 0 Å². The van der Waals surface area contributed by atoms with Crippen LogP contribution in [-0.2, 0) is 7.05 Å². The van der Waals surface area contributed by atoms with Crippen molar-refractivity contribution in [2.75, 3.05) is 6.61 Å². The van der Waals surface area contributed by atoms with Crippen LogP contribution in [0.3, 0.4) is 0 Å². The van der Waals surface area contributed by atoms with Crippen molar-refractivity contribution in [3.8, 4) is 5.75 Å². The molecular formula is C16H22N2O3. The van der Waals surface area contributed by atoms with Crippen molar-refractivity contribution in [3.63, 3.8) is 0 Å². The number of ether oxygens (including phenoxy) is 1. The van der Waals surface area contributed by atoms with Crippen molar-refractivity contribution in [2.24, 2.45) is 7.05 Å². The van der Waals surface area contributed by atoms with Gasteiger partial charge in [0.05, 0.1) is 17.4 Å². The maximum absolute atomic E-state index is 11.9. The van der Waals surface area contributed by atoms with Crippen molar-refractivity contribution < 1.29 is 4.74 Å². The van der Waals surface area contributed by atoms with Crippen LogP contribution in [0.5, 0.6) is 5.75 Å². The molecule has 0 aliphatic heterocycles. The molecule has 0 spiro atoms. The van der Waals surface area contributed by atoms with Gasteiger partial charge in [0.25, 0.3) is 11.1 Å². The van der Waals surface area contributed by atoms with Crippen LogP contribution in [0.2, 0.25) is 0 Å². The lowest BCUT2D eigenvalue weighted by Gasteiger charge is -2.07. The third kappa shape index (κ3) is 3.74. The van der Waals surface area contributed by atoms with E-state index in [1.807, 2.05) is 0 Å². The second kappa shape index (κ2) is 7.11. The van der Waals surface area contributed by atoms with Gasteiger partial charge < -0.3 is 4.74 Å². The van der Waals surface area contributed by atoms with Crippen molar-refractivity contribution in [3.05, 3.63) is 38.9 Å². The highest BCUT2D eigenvalue weighted by molar-refractivity contribution is 5.81. The Morgan fingerprint density at radius 3 is 2.62 bits per heavy atom. The molecule has 0 radical (unpaired) electrons. The summed E-state index contributed by atoms with van der Waals surface area (Å²) in [5.74, 6) is 0.636. The maximum atomic E-state index is 11.9. The lowest BCUT2D eigenvalue weighted by molar-refractivity contribution is 0.305. The monoisotopic (exact) mass is 290 g/mol. The third-order valence-electron chi connectivity index (χ3n) is 3.56. The Hall–Kier alpha value is -2.04. The minimum Gasteiger partial charge on any atom is -0.494 e. The first-order valence-electron chi connectivity index (χ1n) is 7.49. The number of benzene rings is 1. The zero-order valence-electron chi connectivity index (χ0n) is 12.6. The topological polar surface area (TPSA) is 64.1 Å². The molecule has 1 aromatic heterocycles. The molecule has 5 heteroatoms. The van der Waals surface area contributed by atoms with Gasteiger partial charge in [-0.1, -0.05) is 32.6 Å². The molecule has 21 heavy (non-hydrogen) atoms. The first-order valence-corrected chi connectivity index (χ1v) is 7.49. The lowest BCUT2D eigenvalue weighted by Crippen LogP contribution is -2.27. The second-order valence-electron chi connectivity index (χ2n) is 5.28. The molecule has 0 atom stereocenters. The molecule has 0 unspecified atom stereocenters. The van der Waals surface area contributed by atoms with Crippen LogP contribution in [0.15, 0.2) is 27.8 Å². The molecule has 2 aromatic rings. The van der Waals surface area contributed by atoms with E-state index in [-0.39, 0.29) is 11.1 Å². The van der Waals surface area contributed by atoms with Crippen LogP contribution >= 0.6 is 0 Å². The molecule has 0 saturated carbocycles. The fraction of sp³-hybridized carbons (Fsp3) is 0.500. The molecule has 0 aliphatic rings. The van der Waals surface area contributed by atoms with E-state index < -0.39 is 0 Å². The number of unbranched alkanes of at least 4 members (excludes halogenated alkanes) is 4. The first kappa shape index (κ1) is 15.4. The highest BCUT2D eigenvalue weighted by Gasteiger charge is 2.06. The Balaban J connectivity index is 2.06. The average molecular weight is 290 g/mol. The maximum Gasteiger partial charge on any atom is 0.272 e. The molecule has 2 rings (SSSR count). The highest BCUT2D eigenvalue weighted by atomic mass is 16.5. The van der Waals surface area contributed by atoms with Crippen LogP contribution in [-0.4, -0.2) is 16.4 Å². The molecule has 114 valence electrons. The van der Waals surface area contributed by atoms with Crippen LogP contribution < -0.4 is 15.9 Å². The van der Waals surface area contributed by atoms with Crippen molar-refractivity contribution in [1.82, 2.24) is 9.78 Å². The summed E-state index contributed by atoms with van der Waals surface area (Å²) in [6, 6.07) is 5.04. The largest absolute Gasteiger partial charge is 0.494 e. The van der Waals surface area contributed by atoms with E-state index in [1.54, 1.807) is 18.2 Å². The number of rotatable bonds is 7. The molecule has 0 amide bonds. The summed E-state index contributed by atoms with van der Waals surface area (Å²) in [6.07, 6.45) is 5.87. The van der Waals surface area contributed by atoms with Crippen LogP contribution in [0.1, 0.15) is 39.0 Å². The van der Waals surface area contributed by atoms with Crippen LogP contribution in [0, 0.1) is 0 Å². The number of fused-ring (bicyclic) bond motifs is 1. The number of nitrogens with zero attached hydrogens (tertiary/aromatic N) is 1. The molecule has 1 aromatic carbocycles. The molecule has 0 saturated heterocycles. The summed E-state index contributed by atoms with van der Waals surface area (Å²) < 4.78 is 6.85. The number of aromatic nitrogens is 2. The lowest BCUT2D eigenvalue weighted by atomic mass is 10.1. The van der Waals surface area contributed by atoms with E-state index in [2.05, 4.69) is 12.0 Å². The van der Waals surface area contributed by atoms with E-state index in [9.17, 15) is 9.59 Å². The predicted molar refractivity (Wildman–Crippen MR) is 84.1 cm³/mol. The summed E-state index contributed by atoms with van der Waals surface area (Å²) >= 11 is 0. The van der Waals surface area contributed by atoms with Gasteiger partial charge in [-0.15, -0.1) is 0 Å². The number of aromatic amines is 1. The fourth-order valence-electron chi connectivity index (χ4n) is 2.33.